The van der Waals surface area contributed by atoms with Crippen molar-refractivity contribution < 1.29 is 0 Å². The van der Waals surface area contributed by atoms with Gasteiger partial charge in [0.1, 0.15) is 0 Å². The van der Waals surface area contributed by atoms with Crippen LogP contribution in [-0.2, 0) is 6.54 Å². The van der Waals surface area contributed by atoms with Crippen LogP contribution in [0, 0.1) is 13.8 Å². The third-order valence-electron chi connectivity index (χ3n) is 4.39. The van der Waals surface area contributed by atoms with Crippen LogP contribution < -0.4 is 4.90 Å². The number of para-hydroxylation sites is 1. The summed E-state index contributed by atoms with van der Waals surface area (Å²) >= 11 is 0. The number of anilines is 1. The molecule has 0 unspecified atom stereocenters. The summed E-state index contributed by atoms with van der Waals surface area (Å²) in [5, 5.41) is 4.35. The Morgan fingerprint density at radius 2 is 1.71 bits per heavy atom. The highest BCUT2D eigenvalue weighted by Gasteiger charge is 2.18. The third kappa shape index (κ3) is 3.27. The van der Waals surface area contributed by atoms with Crippen molar-refractivity contribution in [2.45, 2.75) is 20.4 Å². The first-order valence-corrected chi connectivity index (χ1v) is 7.75. The van der Waals surface area contributed by atoms with Crippen molar-refractivity contribution in [3.05, 3.63) is 47.8 Å². The second-order valence-electron chi connectivity index (χ2n) is 5.81. The van der Waals surface area contributed by atoms with Crippen molar-refractivity contribution in [2.24, 2.45) is 0 Å². The summed E-state index contributed by atoms with van der Waals surface area (Å²) in [5.41, 5.74) is 4.01. The molecule has 1 aliphatic heterocycles. The van der Waals surface area contributed by atoms with Crippen LogP contribution >= 0.6 is 0 Å². The van der Waals surface area contributed by atoms with E-state index in [-0.39, 0.29) is 0 Å². The number of nitrogens with zero attached hydrogens (tertiary/aromatic N) is 4. The van der Waals surface area contributed by atoms with Gasteiger partial charge in [0.15, 0.2) is 0 Å². The maximum Gasteiger partial charge on any atom is 0.0539 e. The fourth-order valence-electron chi connectivity index (χ4n) is 3.00. The van der Waals surface area contributed by atoms with Gasteiger partial charge >= 0.3 is 0 Å². The van der Waals surface area contributed by atoms with Crippen LogP contribution in [0.15, 0.2) is 36.5 Å². The van der Waals surface area contributed by atoms with E-state index in [1.54, 1.807) is 0 Å². The third-order valence-corrected chi connectivity index (χ3v) is 4.39. The van der Waals surface area contributed by atoms with E-state index < -0.39 is 0 Å². The molecule has 1 aromatic carbocycles. The Bertz CT molecular complexity index is 582. The Kier molecular flexibility index (Phi) is 4.25. The lowest BCUT2D eigenvalue weighted by Gasteiger charge is -2.36. The Balaban J connectivity index is 1.51. The standard InChI is InChI=1S/C17H24N4/c1-15-5-3-4-6-17(15)20-12-9-19(10-13-20)11-14-21-16(2)7-8-18-21/h3-8H,9-14H2,1-2H3. The maximum atomic E-state index is 4.35. The summed E-state index contributed by atoms with van der Waals surface area (Å²) < 4.78 is 2.09. The van der Waals surface area contributed by atoms with E-state index >= 15 is 0 Å². The maximum absolute atomic E-state index is 4.35. The van der Waals surface area contributed by atoms with Gasteiger partial charge in [0, 0.05) is 50.3 Å². The highest BCUT2D eigenvalue weighted by molar-refractivity contribution is 5.53. The molecule has 112 valence electrons. The topological polar surface area (TPSA) is 24.3 Å². The molecule has 1 aromatic heterocycles. The van der Waals surface area contributed by atoms with Gasteiger partial charge in [-0.3, -0.25) is 9.58 Å². The Labute approximate surface area is 127 Å². The molecule has 1 aliphatic rings. The van der Waals surface area contributed by atoms with Gasteiger partial charge in [0.05, 0.1) is 6.54 Å². The van der Waals surface area contributed by atoms with Crippen LogP contribution in [0.4, 0.5) is 5.69 Å². The fraction of sp³-hybridized carbons (Fsp3) is 0.471. The Morgan fingerprint density at radius 3 is 2.38 bits per heavy atom. The summed E-state index contributed by atoms with van der Waals surface area (Å²) in [6, 6.07) is 10.7. The van der Waals surface area contributed by atoms with Gasteiger partial charge in [-0.05, 0) is 31.5 Å². The van der Waals surface area contributed by atoms with Crippen molar-refractivity contribution in [3.8, 4) is 0 Å². The molecule has 4 nitrogen and oxygen atoms in total. The molecule has 4 heteroatoms. The highest BCUT2D eigenvalue weighted by atomic mass is 15.3. The van der Waals surface area contributed by atoms with Gasteiger partial charge in [0.2, 0.25) is 0 Å². The minimum absolute atomic E-state index is 0.989. The number of hydrogen-bond acceptors (Lipinski definition) is 3. The molecule has 2 heterocycles. The molecule has 0 radical (unpaired) electrons. The van der Waals surface area contributed by atoms with Gasteiger partial charge in [-0.25, -0.2) is 0 Å². The smallest absolute Gasteiger partial charge is 0.0539 e. The number of benzene rings is 1. The van der Waals surface area contributed by atoms with E-state index in [9.17, 15) is 0 Å². The molecular formula is C17H24N4. The van der Waals surface area contributed by atoms with Gasteiger partial charge in [-0.15, -0.1) is 0 Å². The lowest BCUT2D eigenvalue weighted by Crippen LogP contribution is -2.47. The highest BCUT2D eigenvalue weighted by Crippen LogP contribution is 2.20. The fourth-order valence-corrected chi connectivity index (χ4v) is 3.00. The van der Waals surface area contributed by atoms with Crippen LogP contribution in [-0.4, -0.2) is 47.4 Å². The molecule has 1 fully saturated rings. The minimum Gasteiger partial charge on any atom is -0.369 e. The van der Waals surface area contributed by atoms with E-state index in [1.807, 2.05) is 6.20 Å². The van der Waals surface area contributed by atoms with E-state index in [2.05, 4.69) is 63.8 Å². The van der Waals surface area contributed by atoms with Gasteiger partial charge in [-0.1, -0.05) is 18.2 Å². The minimum atomic E-state index is 0.989. The number of hydrogen-bond donors (Lipinski definition) is 0. The van der Waals surface area contributed by atoms with E-state index in [0.29, 0.717) is 0 Å². The van der Waals surface area contributed by atoms with Crippen molar-refractivity contribution in [3.63, 3.8) is 0 Å². The zero-order valence-electron chi connectivity index (χ0n) is 13.0. The molecule has 21 heavy (non-hydrogen) atoms. The van der Waals surface area contributed by atoms with Gasteiger partial charge in [-0.2, -0.15) is 5.10 Å². The number of piperazine rings is 1. The van der Waals surface area contributed by atoms with E-state index in [0.717, 1.165) is 39.3 Å². The average Bonchev–Trinajstić information content (AvgIpc) is 2.92. The first-order valence-electron chi connectivity index (χ1n) is 7.75. The first kappa shape index (κ1) is 14.1. The van der Waals surface area contributed by atoms with E-state index in [1.165, 1.54) is 16.9 Å². The second-order valence-corrected chi connectivity index (χ2v) is 5.81. The summed E-state index contributed by atoms with van der Waals surface area (Å²) in [7, 11) is 0. The first-order chi connectivity index (χ1) is 10.2. The molecular weight excluding hydrogens is 260 g/mol. The predicted octanol–water partition coefficient (Wildman–Crippen LogP) is 2.32. The lowest BCUT2D eigenvalue weighted by atomic mass is 10.1. The van der Waals surface area contributed by atoms with Crippen molar-refractivity contribution >= 4 is 5.69 Å². The quantitative estimate of drug-likeness (QED) is 0.861. The zero-order valence-corrected chi connectivity index (χ0v) is 13.0. The SMILES string of the molecule is Cc1ccccc1N1CCN(CCn2nccc2C)CC1. The molecule has 0 N–H and O–H groups in total. The van der Waals surface area contributed by atoms with Crippen molar-refractivity contribution in [1.82, 2.24) is 14.7 Å². The lowest BCUT2D eigenvalue weighted by molar-refractivity contribution is 0.243. The second kappa shape index (κ2) is 6.31. The van der Waals surface area contributed by atoms with Crippen LogP contribution in [0.5, 0.6) is 0 Å². The average molecular weight is 284 g/mol. The molecule has 0 atom stereocenters. The predicted molar refractivity (Wildman–Crippen MR) is 86.8 cm³/mol. The number of aryl methyl sites for hydroxylation is 2. The molecule has 0 bridgehead atoms. The molecule has 0 amide bonds. The van der Waals surface area contributed by atoms with Crippen LogP contribution in [0.1, 0.15) is 11.3 Å². The number of rotatable bonds is 4. The van der Waals surface area contributed by atoms with Crippen molar-refractivity contribution in [2.75, 3.05) is 37.6 Å². The summed E-state index contributed by atoms with van der Waals surface area (Å²) in [6.45, 7) is 10.9. The molecule has 0 aliphatic carbocycles. The molecule has 0 spiro atoms. The molecule has 2 aromatic rings. The van der Waals surface area contributed by atoms with Gasteiger partial charge in [0.25, 0.3) is 0 Å². The van der Waals surface area contributed by atoms with Crippen LogP contribution in [0.3, 0.4) is 0 Å². The largest absolute Gasteiger partial charge is 0.369 e. The molecule has 0 saturated carbocycles. The monoisotopic (exact) mass is 284 g/mol. The Morgan fingerprint density at radius 1 is 0.952 bits per heavy atom. The summed E-state index contributed by atoms with van der Waals surface area (Å²) in [4.78, 5) is 5.04. The normalized spacial score (nSPS) is 16.4. The summed E-state index contributed by atoms with van der Waals surface area (Å²) in [6.07, 6.45) is 1.88. The van der Waals surface area contributed by atoms with Crippen LogP contribution in [0.2, 0.25) is 0 Å². The van der Waals surface area contributed by atoms with E-state index in [4.69, 9.17) is 0 Å². The van der Waals surface area contributed by atoms with Crippen molar-refractivity contribution in [1.29, 1.82) is 0 Å². The Hall–Kier alpha value is -1.81. The van der Waals surface area contributed by atoms with Gasteiger partial charge < -0.3 is 4.90 Å². The summed E-state index contributed by atoms with van der Waals surface area (Å²) in [5.74, 6) is 0. The molecule has 1 saturated heterocycles. The molecule has 3 rings (SSSR count). The van der Waals surface area contributed by atoms with Crippen LogP contribution in [0.25, 0.3) is 0 Å². The zero-order chi connectivity index (χ0) is 14.7. The number of aromatic nitrogens is 2.